The monoisotopic (exact) mass is 404 g/mol. The van der Waals surface area contributed by atoms with Crippen molar-refractivity contribution in [1.82, 2.24) is 15.1 Å². The van der Waals surface area contributed by atoms with Crippen molar-refractivity contribution in [2.45, 2.75) is 12.5 Å². The first-order chi connectivity index (χ1) is 14.2. The zero-order valence-corrected chi connectivity index (χ0v) is 16.4. The van der Waals surface area contributed by atoms with Crippen LogP contribution in [0.15, 0.2) is 59.4 Å². The Bertz CT molecular complexity index is 1290. The van der Waals surface area contributed by atoms with Gasteiger partial charge in [0.2, 0.25) is 0 Å². The van der Waals surface area contributed by atoms with Gasteiger partial charge in [-0.15, -0.1) is 0 Å². The molecule has 3 heterocycles. The van der Waals surface area contributed by atoms with Gasteiger partial charge in [0.05, 0.1) is 10.3 Å². The number of nitrogen functional groups attached to an aromatic ring is 1. The van der Waals surface area contributed by atoms with Gasteiger partial charge in [0.25, 0.3) is 0 Å². The summed E-state index contributed by atoms with van der Waals surface area (Å²) in [6.07, 6.45) is 4.68. The number of rotatable bonds is 6. The van der Waals surface area contributed by atoms with Gasteiger partial charge in [0, 0.05) is 35.9 Å². The molecule has 0 aliphatic rings. The van der Waals surface area contributed by atoms with Crippen LogP contribution in [0.5, 0.6) is 0 Å². The first kappa shape index (κ1) is 17.7. The molecule has 2 aromatic carbocycles. The highest BCUT2D eigenvalue weighted by Crippen LogP contribution is 2.32. The van der Waals surface area contributed by atoms with E-state index >= 15 is 0 Å². The summed E-state index contributed by atoms with van der Waals surface area (Å²) in [5.74, 6) is 0.396. The van der Waals surface area contributed by atoms with Crippen molar-refractivity contribution in [2.75, 3.05) is 17.6 Å². The SMILES string of the molecule is Nc1noc2ccc(-c3cnc(NC[C@@H](N)Cc4c[nH]c5ccccc45)s3)cc12. The Morgan fingerprint density at radius 3 is 3.00 bits per heavy atom. The van der Waals surface area contributed by atoms with Crippen LogP contribution >= 0.6 is 11.3 Å². The zero-order chi connectivity index (χ0) is 19.8. The van der Waals surface area contributed by atoms with E-state index in [1.54, 1.807) is 11.3 Å². The van der Waals surface area contributed by atoms with Gasteiger partial charge in [-0.25, -0.2) is 4.98 Å². The molecule has 8 heteroatoms. The summed E-state index contributed by atoms with van der Waals surface area (Å²) in [4.78, 5) is 8.82. The normalized spacial score (nSPS) is 12.6. The number of anilines is 2. The molecule has 0 spiro atoms. The van der Waals surface area contributed by atoms with E-state index in [9.17, 15) is 0 Å². The van der Waals surface area contributed by atoms with Crippen molar-refractivity contribution in [2.24, 2.45) is 5.73 Å². The van der Waals surface area contributed by atoms with E-state index in [0.29, 0.717) is 17.9 Å². The molecular formula is C21H20N6OS. The lowest BCUT2D eigenvalue weighted by molar-refractivity contribution is 0.460. The molecule has 0 aliphatic heterocycles. The number of hydrogen-bond acceptors (Lipinski definition) is 7. The van der Waals surface area contributed by atoms with E-state index < -0.39 is 0 Å². The second-order valence-electron chi connectivity index (χ2n) is 7.01. The molecule has 0 saturated heterocycles. The van der Waals surface area contributed by atoms with Crippen LogP contribution in [0.2, 0.25) is 0 Å². The second kappa shape index (κ2) is 7.23. The van der Waals surface area contributed by atoms with Crippen LogP contribution in [0, 0.1) is 0 Å². The standard InChI is InChI=1S/C21H20N6OS/c22-14(7-13-9-24-17-4-2-1-3-15(13)17)10-25-21-26-11-19(29-21)12-5-6-18-16(8-12)20(23)27-28-18/h1-6,8-9,11,14,24H,7,10,22H2,(H2,23,27)(H,25,26)/t14-/m0/s1. The highest BCUT2D eigenvalue weighted by Gasteiger charge is 2.12. The maximum atomic E-state index is 6.36. The fourth-order valence-electron chi connectivity index (χ4n) is 3.47. The van der Waals surface area contributed by atoms with Crippen molar-refractivity contribution in [3.8, 4) is 10.4 Å². The van der Waals surface area contributed by atoms with Gasteiger partial charge in [-0.3, -0.25) is 0 Å². The van der Waals surface area contributed by atoms with Gasteiger partial charge in [0.15, 0.2) is 16.5 Å². The smallest absolute Gasteiger partial charge is 0.183 e. The lowest BCUT2D eigenvalue weighted by atomic mass is 10.1. The van der Waals surface area contributed by atoms with Gasteiger partial charge in [-0.2, -0.15) is 0 Å². The lowest BCUT2D eigenvalue weighted by Crippen LogP contribution is -2.31. The van der Waals surface area contributed by atoms with E-state index in [1.807, 2.05) is 42.7 Å². The molecule has 0 bridgehead atoms. The predicted octanol–water partition coefficient (Wildman–Crippen LogP) is 4.00. The van der Waals surface area contributed by atoms with Gasteiger partial charge in [-0.1, -0.05) is 34.7 Å². The Kier molecular flexibility index (Phi) is 4.42. The number of para-hydroxylation sites is 1. The molecule has 29 heavy (non-hydrogen) atoms. The zero-order valence-electron chi connectivity index (χ0n) is 15.6. The van der Waals surface area contributed by atoms with Gasteiger partial charge >= 0.3 is 0 Å². The third-order valence-corrected chi connectivity index (χ3v) is 5.96. The quantitative estimate of drug-likeness (QED) is 0.340. The van der Waals surface area contributed by atoms with Crippen molar-refractivity contribution in [3.05, 3.63) is 60.4 Å². The minimum absolute atomic E-state index is 0.0188. The Morgan fingerprint density at radius 2 is 2.07 bits per heavy atom. The number of nitrogens with zero attached hydrogens (tertiary/aromatic N) is 2. The number of thiazole rings is 1. The Labute approximate surface area is 170 Å². The second-order valence-corrected chi connectivity index (χ2v) is 8.04. The number of benzene rings is 2. The van der Waals surface area contributed by atoms with E-state index in [0.717, 1.165) is 32.9 Å². The summed E-state index contributed by atoms with van der Waals surface area (Å²) in [7, 11) is 0. The van der Waals surface area contributed by atoms with E-state index in [-0.39, 0.29) is 6.04 Å². The van der Waals surface area contributed by atoms with Gasteiger partial charge in [0.1, 0.15) is 0 Å². The Balaban J connectivity index is 1.25. The van der Waals surface area contributed by atoms with Gasteiger partial charge < -0.3 is 26.3 Å². The fourth-order valence-corrected chi connectivity index (χ4v) is 4.29. The molecule has 0 radical (unpaired) electrons. The molecule has 5 aromatic rings. The van der Waals surface area contributed by atoms with Crippen molar-refractivity contribution in [1.29, 1.82) is 0 Å². The van der Waals surface area contributed by atoms with Crippen LogP contribution in [0.25, 0.3) is 32.3 Å². The molecule has 146 valence electrons. The summed E-state index contributed by atoms with van der Waals surface area (Å²) in [5, 5.41) is 10.0. The molecule has 0 fully saturated rings. The average molecular weight is 404 g/mol. The topological polar surface area (TPSA) is 119 Å². The third-order valence-electron chi connectivity index (χ3n) is 4.96. The summed E-state index contributed by atoms with van der Waals surface area (Å²) >= 11 is 1.58. The summed E-state index contributed by atoms with van der Waals surface area (Å²) < 4.78 is 5.16. The first-order valence-corrected chi connectivity index (χ1v) is 10.1. The van der Waals surface area contributed by atoms with E-state index in [2.05, 4.69) is 32.6 Å². The minimum atomic E-state index is -0.0188. The number of aromatic amines is 1. The highest BCUT2D eigenvalue weighted by molar-refractivity contribution is 7.18. The van der Waals surface area contributed by atoms with Crippen molar-refractivity contribution >= 4 is 44.2 Å². The molecule has 1 atom stereocenters. The fraction of sp³-hybridized carbons (Fsp3) is 0.143. The Hall–Kier alpha value is -3.36. The molecule has 5 rings (SSSR count). The van der Waals surface area contributed by atoms with E-state index in [4.69, 9.17) is 16.0 Å². The summed E-state index contributed by atoms with van der Waals surface area (Å²) in [5.41, 5.74) is 16.3. The molecule has 0 saturated carbocycles. The summed E-state index contributed by atoms with van der Waals surface area (Å²) in [6.45, 7) is 0.643. The molecule has 6 N–H and O–H groups in total. The maximum absolute atomic E-state index is 6.36. The largest absolute Gasteiger partial charge is 0.380 e. The number of fused-ring (bicyclic) bond motifs is 2. The lowest BCUT2D eigenvalue weighted by Gasteiger charge is -2.11. The summed E-state index contributed by atoms with van der Waals surface area (Å²) in [6, 6.07) is 14.1. The number of hydrogen-bond donors (Lipinski definition) is 4. The number of H-pyrrole nitrogens is 1. The molecule has 7 nitrogen and oxygen atoms in total. The predicted molar refractivity (Wildman–Crippen MR) is 118 cm³/mol. The Morgan fingerprint density at radius 1 is 1.17 bits per heavy atom. The van der Waals surface area contributed by atoms with Crippen LogP contribution in [0.1, 0.15) is 5.56 Å². The number of nitrogens with one attached hydrogen (secondary N) is 2. The molecular weight excluding hydrogens is 384 g/mol. The van der Waals surface area contributed by atoms with Crippen LogP contribution in [-0.4, -0.2) is 27.7 Å². The average Bonchev–Trinajstić information content (AvgIpc) is 3.46. The molecule has 0 aliphatic carbocycles. The van der Waals surface area contributed by atoms with Crippen LogP contribution in [-0.2, 0) is 6.42 Å². The third kappa shape index (κ3) is 3.43. The molecule has 0 unspecified atom stereocenters. The molecule has 0 amide bonds. The van der Waals surface area contributed by atoms with Crippen molar-refractivity contribution in [3.63, 3.8) is 0 Å². The number of nitrogens with two attached hydrogens (primary N) is 2. The molecule has 3 aromatic heterocycles. The van der Waals surface area contributed by atoms with Gasteiger partial charge in [-0.05, 0) is 41.8 Å². The first-order valence-electron chi connectivity index (χ1n) is 9.33. The van der Waals surface area contributed by atoms with Crippen LogP contribution in [0.4, 0.5) is 10.9 Å². The minimum Gasteiger partial charge on any atom is -0.380 e. The maximum Gasteiger partial charge on any atom is 0.183 e. The van der Waals surface area contributed by atoms with Crippen LogP contribution < -0.4 is 16.8 Å². The van der Waals surface area contributed by atoms with E-state index in [1.165, 1.54) is 10.9 Å². The highest BCUT2D eigenvalue weighted by atomic mass is 32.1. The van der Waals surface area contributed by atoms with Crippen molar-refractivity contribution < 1.29 is 4.52 Å². The van der Waals surface area contributed by atoms with Crippen LogP contribution in [0.3, 0.4) is 0 Å². The number of aromatic nitrogens is 3.